The lowest BCUT2D eigenvalue weighted by molar-refractivity contribution is -0.180. The second kappa shape index (κ2) is 4.88. The third kappa shape index (κ3) is 2.46. The fraction of sp³-hybridized carbons (Fsp3) is 0.429. The van der Waals surface area contributed by atoms with E-state index in [9.17, 15) is 13.2 Å². The molecule has 0 aromatic heterocycles. The van der Waals surface area contributed by atoms with Gasteiger partial charge >= 0.3 is 6.18 Å². The maximum atomic E-state index is 12.7. The number of hydrogen-bond acceptors (Lipinski definition) is 2. The predicted octanol–water partition coefficient (Wildman–Crippen LogP) is 4.28. The van der Waals surface area contributed by atoms with Gasteiger partial charge in [-0.15, -0.1) is 0 Å². The first-order valence-corrected chi connectivity index (χ1v) is 6.83. The third-order valence-electron chi connectivity index (χ3n) is 3.55. The van der Waals surface area contributed by atoms with E-state index in [1.165, 1.54) is 6.08 Å². The average Bonchev–Trinajstić information content (AvgIpc) is 2.90. The number of nitrogens with zero attached hydrogens (tertiary/aromatic N) is 1. The fourth-order valence-corrected chi connectivity index (χ4v) is 2.83. The molecule has 0 N–H and O–H groups in total. The van der Waals surface area contributed by atoms with Gasteiger partial charge in [0.1, 0.15) is 5.75 Å². The number of anilines is 1. The van der Waals surface area contributed by atoms with Gasteiger partial charge in [-0.3, -0.25) is 0 Å². The summed E-state index contributed by atoms with van der Waals surface area (Å²) in [4.78, 5) is 2.08. The first-order chi connectivity index (χ1) is 9.45. The molecule has 1 saturated heterocycles. The molecule has 1 aromatic carbocycles. The minimum Gasteiger partial charge on any atom is -0.476 e. The Kier molecular flexibility index (Phi) is 3.32. The molecule has 0 radical (unpaired) electrons. The molecule has 0 bridgehead atoms. The van der Waals surface area contributed by atoms with E-state index in [1.807, 2.05) is 0 Å². The number of alkyl halides is 3. The first kappa shape index (κ1) is 13.6. The van der Waals surface area contributed by atoms with Crippen LogP contribution in [0.3, 0.4) is 0 Å². The summed E-state index contributed by atoms with van der Waals surface area (Å²) in [5, 5.41) is 0.546. The van der Waals surface area contributed by atoms with Crippen LogP contribution in [0.15, 0.2) is 18.2 Å². The molecule has 108 valence electrons. The van der Waals surface area contributed by atoms with Crippen LogP contribution in [0.2, 0.25) is 5.02 Å². The van der Waals surface area contributed by atoms with Crippen LogP contribution in [-0.4, -0.2) is 25.4 Å². The lowest BCUT2D eigenvalue weighted by Gasteiger charge is -2.26. The minimum atomic E-state index is -4.40. The Morgan fingerprint density at radius 2 is 1.90 bits per heavy atom. The van der Waals surface area contributed by atoms with Crippen molar-refractivity contribution >= 4 is 23.4 Å². The summed E-state index contributed by atoms with van der Waals surface area (Å²) in [6, 6.07) is 3.28. The van der Waals surface area contributed by atoms with Crippen molar-refractivity contribution in [2.24, 2.45) is 0 Å². The normalized spacial score (nSPS) is 21.8. The summed E-state index contributed by atoms with van der Waals surface area (Å²) in [6.07, 6.45) is -1.73. The molecular formula is C14H13ClF3NO. The van der Waals surface area contributed by atoms with Crippen LogP contribution in [0.5, 0.6) is 5.75 Å². The van der Waals surface area contributed by atoms with Crippen LogP contribution < -0.4 is 9.64 Å². The molecular weight excluding hydrogens is 291 g/mol. The van der Waals surface area contributed by atoms with Gasteiger partial charge < -0.3 is 9.64 Å². The molecule has 2 heterocycles. The number of fused-ring (bicyclic) bond motifs is 1. The van der Waals surface area contributed by atoms with E-state index in [2.05, 4.69) is 4.90 Å². The van der Waals surface area contributed by atoms with Crippen molar-refractivity contribution in [1.29, 1.82) is 0 Å². The second-order valence-electron chi connectivity index (χ2n) is 4.97. The van der Waals surface area contributed by atoms with E-state index in [4.69, 9.17) is 16.3 Å². The summed E-state index contributed by atoms with van der Waals surface area (Å²) in [6.45, 7) is 1.74. The zero-order valence-electron chi connectivity index (χ0n) is 10.6. The highest BCUT2D eigenvalue weighted by molar-refractivity contribution is 6.33. The largest absolute Gasteiger partial charge is 0.476 e. The van der Waals surface area contributed by atoms with Gasteiger partial charge in [-0.05, 0) is 25.0 Å². The van der Waals surface area contributed by atoms with Crippen molar-refractivity contribution in [3.05, 3.63) is 28.8 Å². The fourth-order valence-electron chi connectivity index (χ4n) is 2.53. The Morgan fingerprint density at radius 3 is 2.55 bits per heavy atom. The van der Waals surface area contributed by atoms with Gasteiger partial charge in [0.25, 0.3) is 0 Å². The SMILES string of the molecule is FC(F)(F)C1C=Cc2cc(Cl)c(N3CCCC3)cc2O1. The molecule has 2 aliphatic rings. The van der Waals surface area contributed by atoms with Crippen molar-refractivity contribution in [3.8, 4) is 5.75 Å². The Morgan fingerprint density at radius 1 is 1.20 bits per heavy atom. The van der Waals surface area contributed by atoms with Gasteiger partial charge in [0, 0.05) is 24.7 Å². The summed E-state index contributed by atoms with van der Waals surface area (Å²) in [5.41, 5.74) is 1.33. The standard InChI is InChI=1S/C14H13ClF3NO/c15-10-7-9-3-4-13(14(16,17)18)20-12(9)8-11(10)19-5-1-2-6-19/h3-4,7-8,13H,1-2,5-6H2. The zero-order valence-corrected chi connectivity index (χ0v) is 11.3. The Labute approximate surface area is 119 Å². The van der Waals surface area contributed by atoms with E-state index < -0.39 is 12.3 Å². The molecule has 20 heavy (non-hydrogen) atoms. The van der Waals surface area contributed by atoms with E-state index in [-0.39, 0.29) is 5.75 Å². The molecule has 1 aromatic rings. The average molecular weight is 304 g/mol. The Hall–Kier alpha value is -1.36. The van der Waals surface area contributed by atoms with Crippen LogP contribution >= 0.6 is 11.6 Å². The molecule has 1 unspecified atom stereocenters. The molecule has 1 fully saturated rings. The van der Waals surface area contributed by atoms with Crippen LogP contribution in [0.1, 0.15) is 18.4 Å². The lowest BCUT2D eigenvalue weighted by atomic mass is 10.1. The monoisotopic (exact) mass is 303 g/mol. The van der Waals surface area contributed by atoms with E-state index >= 15 is 0 Å². The summed E-state index contributed by atoms with van der Waals surface area (Å²) in [7, 11) is 0. The Bertz CT molecular complexity index is 550. The molecule has 3 rings (SSSR count). The molecule has 6 heteroatoms. The van der Waals surface area contributed by atoms with Crippen LogP contribution in [0.4, 0.5) is 18.9 Å². The van der Waals surface area contributed by atoms with Crippen molar-refractivity contribution in [1.82, 2.24) is 0 Å². The number of ether oxygens (including phenoxy) is 1. The smallest absolute Gasteiger partial charge is 0.429 e. The minimum absolute atomic E-state index is 0.237. The predicted molar refractivity (Wildman–Crippen MR) is 72.4 cm³/mol. The second-order valence-corrected chi connectivity index (χ2v) is 5.38. The number of rotatable bonds is 1. The summed E-state index contributed by atoms with van der Waals surface area (Å²) in [5.74, 6) is 0.237. The van der Waals surface area contributed by atoms with E-state index in [1.54, 1.807) is 12.1 Å². The maximum Gasteiger partial charge on any atom is 0.429 e. The van der Waals surface area contributed by atoms with Gasteiger partial charge in [-0.1, -0.05) is 17.7 Å². The molecule has 2 aliphatic heterocycles. The van der Waals surface area contributed by atoms with E-state index in [0.29, 0.717) is 10.6 Å². The topological polar surface area (TPSA) is 12.5 Å². The summed E-state index contributed by atoms with van der Waals surface area (Å²) >= 11 is 6.21. The third-order valence-corrected chi connectivity index (χ3v) is 3.86. The highest BCUT2D eigenvalue weighted by Gasteiger charge is 2.41. The highest BCUT2D eigenvalue weighted by Crippen LogP contribution is 2.39. The molecule has 0 spiro atoms. The Balaban J connectivity index is 1.94. The van der Waals surface area contributed by atoms with E-state index in [0.717, 1.165) is 37.7 Å². The van der Waals surface area contributed by atoms with Crippen LogP contribution in [-0.2, 0) is 0 Å². The lowest BCUT2D eigenvalue weighted by Crippen LogP contribution is -2.34. The highest BCUT2D eigenvalue weighted by atomic mass is 35.5. The van der Waals surface area contributed by atoms with Crippen LogP contribution in [0.25, 0.3) is 6.08 Å². The number of benzene rings is 1. The van der Waals surface area contributed by atoms with Crippen molar-refractivity contribution < 1.29 is 17.9 Å². The zero-order chi connectivity index (χ0) is 14.3. The molecule has 2 nitrogen and oxygen atoms in total. The van der Waals surface area contributed by atoms with Crippen molar-refractivity contribution in [2.75, 3.05) is 18.0 Å². The quantitative estimate of drug-likeness (QED) is 0.768. The summed E-state index contributed by atoms with van der Waals surface area (Å²) < 4.78 is 43.2. The molecule has 0 saturated carbocycles. The number of halogens is 4. The van der Waals surface area contributed by atoms with Crippen molar-refractivity contribution in [3.63, 3.8) is 0 Å². The van der Waals surface area contributed by atoms with Gasteiger partial charge in [0.05, 0.1) is 10.7 Å². The van der Waals surface area contributed by atoms with Crippen LogP contribution in [0, 0.1) is 0 Å². The molecule has 0 aliphatic carbocycles. The van der Waals surface area contributed by atoms with Gasteiger partial charge in [-0.25, -0.2) is 0 Å². The van der Waals surface area contributed by atoms with Gasteiger partial charge in [0.2, 0.25) is 6.10 Å². The molecule has 1 atom stereocenters. The number of hydrogen-bond donors (Lipinski definition) is 0. The first-order valence-electron chi connectivity index (χ1n) is 6.45. The van der Waals surface area contributed by atoms with Crippen molar-refractivity contribution in [2.45, 2.75) is 25.1 Å². The van der Waals surface area contributed by atoms with Gasteiger partial charge in [0.15, 0.2) is 0 Å². The van der Waals surface area contributed by atoms with Gasteiger partial charge in [-0.2, -0.15) is 13.2 Å². The maximum absolute atomic E-state index is 12.7. The molecule has 0 amide bonds.